The van der Waals surface area contributed by atoms with Gasteiger partial charge < -0.3 is 21.3 Å². The Hall–Kier alpha value is -6.05. The first-order valence-electron chi connectivity index (χ1n) is 23.2. The second kappa shape index (κ2) is 24.1. The van der Waals surface area contributed by atoms with Gasteiger partial charge in [-0.2, -0.15) is 35.0 Å². The summed E-state index contributed by atoms with van der Waals surface area (Å²) in [5.74, 6) is -0.814. The highest BCUT2D eigenvalue weighted by Gasteiger charge is 2.47. The van der Waals surface area contributed by atoms with Gasteiger partial charge in [-0.05, 0) is 147 Å². The van der Waals surface area contributed by atoms with Crippen molar-refractivity contribution in [3.05, 3.63) is 178 Å². The number of benzene rings is 6. The van der Waals surface area contributed by atoms with E-state index >= 15 is 0 Å². The minimum atomic E-state index is -5.49. The predicted molar refractivity (Wildman–Crippen MR) is 277 cm³/mol. The molecule has 0 aliphatic carbocycles. The van der Waals surface area contributed by atoms with Gasteiger partial charge in [0.25, 0.3) is 21.7 Å². The Morgan fingerprint density at radius 3 is 1.33 bits per heavy atom. The van der Waals surface area contributed by atoms with Crippen molar-refractivity contribution in [3.63, 3.8) is 0 Å². The van der Waals surface area contributed by atoms with Crippen LogP contribution in [0.5, 0.6) is 0 Å². The van der Waals surface area contributed by atoms with Gasteiger partial charge in [0.15, 0.2) is 0 Å². The number of piperidine rings is 2. The maximum absolute atomic E-state index is 13.3. The number of hydrogen-bond donors (Lipinski definition) is 4. The molecular formula is C51H48Cl2F6N6O8S3. The van der Waals surface area contributed by atoms with Gasteiger partial charge in [0.1, 0.15) is 0 Å². The van der Waals surface area contributed by atoms with Gasteiger partial charge in [-0.25, -0.2) is 25.3 Å². The van der Waals surface area contributed by atoms with E-state index in [1.54, 1.807) is 66.7 Å². The molecule has 2 heterocycles. The number of anilines is 3. The molecule has 0 atom stereocenters. The van der Waals surface area contributed by atoms with Crippen molar-refractivity contribution >= 4 is 82.0 Å². The van der Waals surface area contributed by atoms with E-state index in [-0.39, 0.29) is 46.6 Å². The van der Waals surface area contributed by atoms with Gasteiger partial charge in [0.05, 0.1) is 20.2 Å². The van der Waals surface area contributed by atoms with Crippen molar-refractivity contribution < 1.29 is 61.2 Å². The van der Waals surface area contributed by atoms with Crippen molar-refractivity contribution in [2.75, 3.05) is 42.1 Å². The molecule has 0 aromatic heterocycles. The molecule has 14 nitrogen and oxygen atoms in total. The monoisotopic (exact) mass is 1150 g/mol. The Kier molecular flexibility index (Phi) is 18.3. The van der Waals surface area contributed by atoms with Crippen LogP contribution in [0, 0.1) is 0 Å². The number of sulfone groups is 1. The van der Waals surface area contributed by atoms with Crippen LogP contribution in [-0.4, -0.2) is 89.4 Å². The van der Waals surface area contributed by atoms with Crippen LogP contribution >= 0.6 is 23.2 Å². The summed E-state index contributed by atoms with van der Waals surface area (Å²) in [6.45, 7) is 1.25. The van der Waals surface area contributed by atoms with Crippen LogP contribution in [0.25, 0.3) is 0 Å². The van der Waals surface area contributed by atoms with Gasteiger partial charge in [-0.1, -0.05) is 53.5 Å². The van der Waals surface area contributed by atoms with Crippen molar-refractivity contribution in [3.8, 4) is 0 Å². The van der Waals surface area contributed by atoms with E-state index in [1.807, 2.05) is 0 Å². The van der Waals surface area contributed by atoms with Crippen LogP contribution in [0.3, 0.4) is 0 Å². The van der Waals surface area contributed by atoms with E-state index in [9.17, 15) is 61.2 Å². The highest BCUT2D eigenvalue weighted by molar-refractivity contribution is 7.92. The second-order valence-electron chi connectivity index (χ2n) is 17.5. The van der Waals surface area contributed by atoms with E-state index in [4.69, 9.17) is 23.2 Å². The van der Waals surface area contributed by atoms with E-state index in [1.165, 1.54) is 63.2 Å². The predicted octanol–water partition coefficient (Wildman–Crippen LogP) is 10.7. The number of carbonyl (C=O) groups excluding carboxylic acids is 2. The molecule has 2 saturated heterocycles. The van der Waals surface area contributed by atoms with Gasteiger partial charge in [-0.15, -0.1) is 0 Å². The number of hydrogen-bond acceptors (Lipinski definition) is 10. The third-order valence-corrected chi connectivity index (χ3v) is 18.1. The summed E-state index contributed by atoms with van der Waals surface area (Å²) < 4.78 is 156. The number of nitrogens with zero attached hydrogens (tertiary/aromatic N) is 2. The van der Waals surface area contributed by atoms with Crippen LogP contribution in [-0.2, 0) is 42.6 Å². The maximum atomic E-state index is 13.3. The molecule has 404 valence electrons. The number of amides is 2. The number of sulfonamides is 2. The smallest absolute Gasteiger partial charge is 0.382 e. The quantitative estimate of drug-likeness (QED) is 0.0764. The number of halogens is 8. The lowest BCUT2D eigenvalue weighted by molar-refractivity contribution is -0.137. The van der Waals surface area contributed by atoms with E-state index < -0.39 is 57.9 Å². The summed E-state index contributed by atoms with van der Waals surface area (Å²) in [6, 6.07) is 33.7. The molecule has 2 amide bonds. The fourth-order valence-corrected chi connectivity index (χ4v) is 12.2. The standard InChI is InChI=1S/C26H25ClF3N3O3S.C25H23ClF3N3O5S2/c27-21-10-6-19(7-11-21)25(34)32-23-2-1-3-24(16-23)37(35,36)33-14-12-22(13-15-33)31-17-18-4-8-20(9-5-18)26(28,29)30;26-18-9-7-17(8-10-18)24(33)31-21-4-2-6-23(16-21)39(36,37)32-13-11-19(12-14-32)30-20-3-1-5-22(15-20)38(34,35)25(27,28)29/h1-11,16,22,31H,12-15,17H2,(H,32,34);1-10,15-16,19,30H,11-14H2,(H,31,33). The molecule has 2 aliphatic rings. The fourth-order valence-electron chi connectivity index (χ4n) is 8.11. The van der Waals surface area contributed by atoms with Crippen molar-refractivity contribution in [1.29, 1.82) is 0 Å². The van der Waals surface area contributed by atoms with Gasteiger partial charge in [0, 0.05) is 83.0 Å². The molecule has 0 spiro atoms. The van der Waals surface area contributed by atoms with Crippen molar-refractivity contribution in [2.45, 2.75) is 70.7 Å². The van der Waals surface area contributed by atoms with E-state index in [0.29, 0.717) is 77.9 Å². The average Bonchev–Trinajstić information content (AvgIpc) is 3.39. The highest BCUT2D eigenvalue weighted by Crippen LogP contribution is 2.33. The Morgan fingerprint density at radius 2 is 0.908 bits per heavy atom. The number of carbonyl (C=O) groups is 2. The second-order valence-corrected chi connectivity index (χ2v) is 24.2. The molecule has 76 heavy (non-hydrogen) atoms. The number of nitrogens with one attached hydrogen (secondary N) is 4. The number of alkyl halides is 6. The normalized spacial score (nSPS) is 15.5. The zero-order chi connectivity index (χ0) is 55.1. The molecule has 0 unspecified atom stereocenters. The van der Waals surface area contributed by atoms with Gasteiger partial charge in [0.2, 0.25) is 20.0 Å². The zero-order valence-corrected chi connectivity index (χ0v) is 43.7. The van der Waals surface area contributed by atoms with Crippen LogP contribution < -0.4 is 21.3 Å². The molecule has 2 aliphatic heterocycles. The van der Waals surface area contributed by atoms with Crippen LogP contribution in [0.15, 0.2) is 160 Å². The Morgan fingerprint density at radius 1 is 0.513 bits per heavy atom. The zero-order valence-electron chi connectivity index (χ0n) is 39.8. The van der Waals surface area contributed by atoms with Crippen molar-refractivity contribution in [2.24, 2.45) is 0 Å². The van der Waals surface area contributed by atoms with Crippen LogP contribution in [0.4, 0.5) is 43.4 Å². The summed E-state index contributed by atoms with van der Waals surface area (Å²) in [5.41, 5.74) is -3.81. The molecule has 6 aromatic carbocycles. The SMILES string of the molecule is O=C(Nc1cccc(S(=O)(=O)N2CCC(NCc3ccc(C(F)(F)F)cc3)CC2)c1)c1ccc(Cl)cc1.O=C(Nc1cccc(S(=O)(=O)N2CCC(Nc3cccc(S(=O)(=O)C(F)(F)F)c3)CC2)c1)c1ccc(Cl)cc1. The molecule has 4 N–H and O–H groups in total. The van der Waals surface area contributed by atoms with E-state index in [0.717, 1.165) is 29.8 Å². The van der Waals surface area contributed by atoms with Crippen LogP contribution in [0.2, 0.25) is 10.0 Å². The average molecular weight is 1150 g/mol. The molecule has 2 fully saturated rings. The first kappa shape index (κ1) is 57.7. The summed E-state index contributed by atoms with van der Waals surface area (Å²) in [4.78, 5) is 24.2. The third-order valence-electron chi connectivity index (χ3n) is 12.3. The fraction of sp³-hybridized carbons (Fsp3) is 0.255. The maximum Gasteiger partial charge on any atom is 0.501 e. The summed E-state index contributed by atoms with van der Waals surface area (Å²) in [6.07, 6.45) is -2.57. The molecule has 8 rings (SSSR count). The van der Waals surface area contributed by atoms with Gasteiger partial charge in [-0.3, -0.25) is 9.59 Å². The third kappa shape index (κ3) is 14.7. The van der Waals surface area contributed by atoms with Crippen LogP contribution in [0.1, 0.15) is 57.5 Å². The molecule has 0 saturated carbocycles. The first-order valence-corrected chi connectivity index (χ1v) is 28.3. The number of rotatable bonds is 14. The topological polar surface area (TPSA) is 191 Å². The highest BCUT2D eigenvalue weighted by atomic mass is 35.5. The largest absolute Gasteiger partial charge is 0.501 e. The summed E-state index contributed by atoms with van der Waals surface area (Å²) in [7, 11) is -13.2. The van der Waals surface area contributed by atoms with Crippen molar-refractivity contribution in [1.82, 2.24) is 13.9 Å². The molecule has 6 aromatic rings. The Balaban J connectivity index is 0.000000221. The Bertz CT molecular complexity index is 3360. The first-order chi connectivity index (χ1) is 35.8. The molecule has 25 heteroatoms. The minimum absolute atomic E-state index is 0.00660. The molecule has 0 bridgehead atoms. The minimum Gasteiger partial charge on any atom is -0.382 e. The summed E-state index contributed by atoms with van der Waals surface area (Å²) >= 11 is 11.7. The lowest BCUT2D eigenvalue weighted by atomic mass is 10.1. The molecular weight excluding hydrogens is 1110 g/mol. The molecule has 0 radical (unpaired) electrons. The Labute approximate surface area is 445 Å². The lowest BCUT2D eigenvalue weighted by Crippen LogP contribution is -2.44. The van der Waals surface area contributed by atoms with E-state index in [2.05, 4.69) is 21.3 Å². The summed E-state index contributed by atoms with van der Waals surface area (Å²) in [5, 5.41) is 12.6. The van der Waals surface area contributed by atoms with Gasteiger partial charge >= 0.3 is 11.7 Å². The lowest BCUT2D eigenvalue weighted by Gasteiger charge is -2.32.